The fourth-order valence-electron chi connectivity index (χ4n) is 2.11. The number of carbonyl (C=O) groups excluding carboxylic acids is 2. The van der Waals surface area contributed by atoms with Gasteiger partial charge in [0.2, 0.25) is 5.91 Å². The summed E-state index contributed by atoms with van der Waals surface area (Å²) in [5, 5.41) is 5.20. The summed E-state index contributed by atoms with van der Waals surface area (Å²) in [7, 11) is 0. The molecule has 6 nitrogen and oxygen atoms in total. The van der Waals surface area contributed by atoms with Crippen molar-refractivity contribution in [1.82, 2.24) is 10.6 Å². The maximum Gasteiger partial charge on any atom is 0.312 e. The molecule has 3 atom stereocenters. The van der Waals surface area contributed by atoms with Gasteiger partial charge in [-0.3, -0.25) is 4.79 Å². The van der Waals surface area contributed by atoms with Gasteiger partial charge < -0.3 is 22.1 Å². The van der Waals surface area contributed by atoms with Crippen molar-refractivity contribution < 1.29 is 9.59 Å². The van der Waals surface area contributed by atoms with E-state index in [1.54, 1.807) is 0 Å². The first kappa shape index (κ1) is 13.8. The first-order chi connectivity index (χ1) is 8.00. The molecule has 0 aromatic rings. The lowest BCUT2D eigenvalue weighted by molar-refractivity contribution is -0.126. The van der Waals surface area contributed by atoms with Crippen LogP contribution in [0.15, 0.2) is 0 Å². The van der Waals surface area contributed by atoms with Crippen LogP contribution in [0.1, 0.15) is 26.2 Å². The molecule has 98 valence electrons. The molecule has 0 spiro atoms. The molecule has 0 heterocycles. The van der Waals surface area contributed by atoms with Crippen LogP contribution in [-0.4, -0.2) is 31.1 Å². The van der Waals surface area contributed by atoms with Crippen LogP contribution in [0.4, 0.5) is 4.79 Å². The third-order valence-electron chi connectivity index (χ3n) is 3.35. The minimum atomic E-state index is -0.576. The number of carbonyl (C=O) groups is 2. The van der Waals surface area contributed by atoms with E-state index in [1.165, 1.54) is 0 Å². The molecule has 0 aromatic heterocycles. The van der Waals surface area contributed by atoms with Gasteiger partial charge in [0.05, 0.1) is 0 Å². The van der Waals surface area contributed by atoms with E-state index >= 15 is 0 Å². The molecule has 3 amide bonds. The molecule has 1 fully saturated rings. The molecule has 1 rings (SSSR count). The number of primary amides is 1. The van der Waals surface area contributed by atoms with Crippen LogP contribution in [0, 0.1) is 11.8 Å². The minimum Gasteiger partial charge on any atom is -0.354 e. The smallest absolute Gasteiger partial charge is 0.312 e. The number of amides is 3. The highest BCUT2D eigenvalue weighted by Gasteiger charge is 2.29. The molecule has 1 aliphatic carbocycles. The van der Waals surface area contributed by atoms with E-state index in [9.17, 15) is 9.59 Å². The van der Waals surface area contributed by atoms with Gasteiger partial charge >= 0.3 is 6.03 Å². The summed E-state index contributed by atoms with van der Waals surface area (Å²) in [6.07, 6.45) is 2.64. The zero-order valence-corrected chi connectivity index (χ0v) is 10.2. The highest BCUT2D eigenvalue weighted by molar-refractivity contribution is 5.78. The van der Waals surface area contributed by atoms with Crippen molar-refractivity contribution in [3.63, 3.8) is 0 Å². The van der Waals surface area contributed by atoms with Crippen LogP contribution in [0.3, 0.4) is 0 Å². The Morgan fingerprint density at radius 2 is 1.88 bits per heavy atom. The van der Waals surface area contributed by atoms with Crippen LogP contribution < -0.4 is 22.1 Å². The molecule has 1 saturated carbocycles. The molecule has 17 heavy (non-hydrogen) atoms. The Bertz CT molecular complexity index is 283. The largest absolute Gasteiger partial charge is 0.354 e. The van der Waals surface area contributed by atoms with Gasteiger partial charge in [0.25, 0.3) is 0 Å². The lowest BCUT2D eigenvalue weighted by atomic mass is 9.79. The van der Waals surface area contributed by atoms with Crippen LogP contribution in [0.2, 0.25) is 0 Å². The van der Waals surface area contributed by atoms with Gasteiger partial charge in [-0.05, 0) is 25.2 Å². The number of rotatable bonds is 4. The van der Waals surface area contributed by atoms with Crippen molar-refractivity contribution in [3.05, 3.63) is 0 Å². The second-order valence-corrected chi connectivity index (χ2v) is 4.73. The Morgan fingerprint density at radius 3 is 2.47 bits per heavy atom. The fourth-order valence-corrected chi connectivity index (χ4v) is 2.11. The zero-order valence-electron chi connectivity index (χ0n) is 10.2. The van der Waals surface area contributed by atoms with Gasteiger partial charge in [-0.1, -0.05) is 6.92 Å². The van der Waals surface area contributed by atoms with E-state index in [0.29, 0.717) is 19.0 Å². The standard InChI is InChI=1S/C11H22N4O2/c1-7-2-3-8(6-9(7)12)10(16)14-4-5-15-11(13)17/h7-9H,2-6,12H2,1H3,(H,14,16)(H3,13,15,17). The number of nitrogens with two attached hydrogens (primary N) is 2. The molecule has 0 radical (unpaired) electrons. The number of hydrogen-bond donors (Lipinski definition) is 4. The monoisotopic (exact) mass is 242 g/mol. The van der Waals surface area contributed by atoms with E-state index in [0.717, 1.165) is 19.3 Å². The van der Waals surface area contributed by atoms with Crippen molar-refractivity contribution in [2.75, 3.05) is 13.1 Å². The van der Waals surface area contributed by atoms with Crippen molar-refractivity contribution in [2.45, 2.75) is 32.2 Å². The van der Waals surface area contributed by atoms with E-state index in [-0.39, 0.29) is 17.9 Å². The predicted octanol–water partition coefficient (Wildman–Crippen LogP) is -0.466. The Morgan fingerprint density at radius 1 is 1.24 bits per heavy atom. The first-order valence-corrected chi connectivity index (χ1v) is 6.07. The summed E-state index contributed by atoms with van der Waals surface area (Å²) in [6, 6.07) is -0.462. The van der Waals surface area contributed by atoms with Gasteiger partial charge in [-0.15, -0.1) is 0 Å². The summed E-state index contributed by atoms with van der Waals surface area (Å²) >= 11 is 0. The normalized spacial score (nSPS) is 28.5. The molecule has 0 aliphatic heterocycles. The Balaban J connectivity index is 2.21. The van der Waals surface area contributed by atoms with Crippen LogP contribution >= 0.6 is 0 Å². The second-order valence-electron chi connectivity index (χ2n) is 4.73. The predicted molar refractivity (Wildman–Crippen MR) is 65.1 cm³/mol. The Hall–Kier alpha value is -1.30. The Kier molecular flexibility index (Phi) is 5.21. The van der Waals surface area contributed by atoms with Crippen molar-refractivity contribution in [1.29, 1.82) is 0 Å². The highest BCUT2D eigenvalue weighted by Crippen LogP contribution is 2.27. The molecule has 3 unspecified atom stereocenters. The Labute approximate surface area is 101 Å². The number of nitrogens with one attached hydrogen (secondary N) is 2. The fraction of sp³-hybridized carbons (Fsp3) is 0.818. The zero-order chi connectivity index (χ0) is 12.8. The molecular formula is C11H22N4O2. The maximum absolute atomic E-state index is 11.8. The van der Waals surface area contributed by atoms with Gasteiger partial charge in [-0.25, -0.2) is 4.79 Å². The van der Waals surface area contributed by atoms with Crippen molar-refractivity contribution in [2.24, 2.45) is 23.3 Å². The van der Waals surface area contributed by atoms with Gasteiger partial charge in [0.1, 0.15) is 0 Å². The summed E-state index contributed by atoms with van der Waals surface area (Å²) in [6.45, 7) is 2.88. The molecule has 0 bridgehead atoms. The SMILES string of the molecule is CC1CCC(C(=O)NCCNC(N)=O)CC1N. The van der Waals surface area contributed by atoms with E-state index < -0.39 is 6.03 Å². The van der Waals surface area contributed by atoms with Gasteiger partial charge in [-0.2, -0.15) is 0 Å². The van der Waals surface area contributed by atoms with E-state index in [2.05, 4.69) is 17.6 Å². The molecular weight excluding hydrogens is 220 g/mol. The molecule has 6 N–H and O–H groups in total. The molecule has 1 aliphatic rings. The molecule has 0 saturated heterocycles. The second kappa shape index (κ2) is 6.44. The van der Waals surface area contributed by atoms with Crippen molar-refractivity contribution >= 4 is 11.9 Å². The van der Waals surface area contributed by atoms with Crippen LogP contribution in [0.25, 0.3) is 0 Å². The van der Waals surface area contributed by atoms with E-state index in [1.807, 2.05) is 0 Å². The third-order valence-corrected chi connectivity index (χ3v) is 3.35. The van der Waals surface area contributed by atoms with Gasteiger partial charge in [0, 0.05) is 25.0 Å². The van der Waals surface area contributed by atoms with Crippen LogP contribution in [-0.2, 0) is 4.79 Å². The average Bonchev–Trinajstić information content (AvgIpc) is 2.27. The number of hydrogen-bond acceptors (Lipinski definition) is 3. The molecule has 0 aromatic carbocycles. The summed E-state index contributed by atoms with van der Waals surface area (Å²) in [4.78, 5) is 22.2. The highest BCUT2D eigenvalue weighted by atomic mass is 16.2. The quantitative estimate of drug-likeness (QED) is 0.500. The number of urea groups is 1. The topological polar surface area (TPSA) is 110 Å². The summed E-state index contributed by atoms with van der Waals surface area (Å²) in [5.74, 6) is 0.531. The summed E-state index contributed by atoms with van der Waals surface area (Å²) in [5.41, 5.74) is 10.9. The van der Waals surface area contributed by atoms with E-state index in [4.69, 9.17) is 11.5 Å². The van der Waals surface area contributed by atoms with Crippen LogP contribution in [0.5, 0.6) is 0 Å². The first-order valence-electron chi connectivity index (χ1n) is 6.07. The third kappa shape index (κ3) is 4.60. The summed E-state index contributed by atoms with van der Waals surface area (Å²) < 4.78 is 0. The lowest BCUT2D eigenvalue weighted by Gasteiger charge is -2.31. The lowest BCUT2D eigenvalue weighted by Crippen LogP contribution is -2.43. The molecule has 6 heteroatoms. The van der Waals surface area contributed by atoms with Gasteiger partial charge in [0.15, 0.2) is 0 Å². The van der Waals surface area contributed by atoms with Crippen molar-refractivity contribution in [3.8, 4) is 0 Å². The maximum atomic E-state index is 11.8. The average molecular weight is 242 g/mol. The minimum absolute atomic E-state index is 0.00905.